The molecule has 1 heterocycles. The van der Waals surface area contributed by atoms with Crippen molar-refractivity contribution in [1.29, 1.82) is 0 Å². The van der Waals surface area contributed by atoms with Crippen LogP contribution in [0.15, 0.2) is 24.3 Å². The second-order valence-electron chi connectivity index (χ2n) is 7.89. The Labute approximate surface area is 170 Å². The van der Waals surface area contributed by atoms with Crippen LogP contribution in [0.3, 0.4) is 0 Å². The van der Waals surface area contributed by atoms with Crippen LogP contribution in [0.4, 0.5) is 0 Å². The molecule has 1 saturated heterocycles. The molecule has 1 atom stereocenters. The van der Waals surface area contributed by atoms with Gasteiger partial charge in [0.25, 0.3) is 5.91 Å². The lowest BCUT2D eigenvalue weighted by molar-refractivity contribution is -0.148. The highest BCUT2D eigenvalue weighted by molar-refractivity contribution is 5.97. The van der Waals surface area contributed by atoms with Crippen LogP contribution in [0, 0.1) is 0 Å². The molecule has 28 heavy (non-hydrogen) atoms. The van der Waals surface area contributed by atoms with Crippen LogP contribution < -0.4 is 0 Å². The van der Waals surface area contributed by atoms with Crippen LogP contribution >= 0.6 is 0 Å². The number of nitrogens with zero attached hydrogens (tertiary/aromatic N) is 1. The van der Waals surface area contributed by atoms with E-state index in [2.05, 4.69) is 13.8 Å². The second kappa shape index (κ2) is 12.6. The first kappa shape index (κ1) is 22.4. The van der Waals surface area contributed by atoms with E-state index in [0.717, 1.165) is 38.5 Å². The molecule has 1 aliphatic rings. The van der Waals surface area contributed by atoms with Crippen molar-refractivity contribution in [2.75, 3.05) is 13.2 Å². The Morgan fingerprint density at radius 1 is 0.964 bits per heavy atom. The van der Waals surface area contributed by atoms with Crippen LogP contribution in [-0.2, 0) is 16.0 Å². The number of amides is 1. The van der Waals surface area contributed by atoms with E-state index in [4.69, 9.17) is 4.74 Å². The van der Waals surface area contributed by atoms with Crippen LogP contribution in [0.2, 0.25) is 0 Å². The number of hydrogen-bond acceptors (Lipinski definition) is 3. The Hall–Kier alpha value is -1.84. The van der Waals surface area contributed by atoms with Gasteiger partial charge in [0.15, 0.2) is 0 Å². The first-order valence-corrected chi connectivity index (χ1v) is 11.2. The number of likely N-dealkylation sites (tertiary alicyclic amines) is 1. The Bertz CT molecular complexity index is 596. The number of benzene rings is 1. The normalized spacial score (nSPS) is 16.4. The van der Waals surface area contributed by atoms with Gasteiger partial charge < -0.3 is 9.64 Å². The van der Waals surface area contributed by atoms with Gasteiger partial charge in [0.2, 0.25) is 0 Å². The molecule has 1 aromatic carbocycles. The number of carbonyl (C=O) groups excluding carboxylic acids is 2. The van der Waals surface area contributed by atoms with Crippen molar-refractivity contribution in [3.63, 3.8) is 0 Å². The van der Waals surface area contributed by atoms with Gasteiger partial charge in [-0.3, -0.25) is 4.79 Å². The number of carbonyl (C=O) groups is 2. The van der Waals surface area contributed by atoms with E-state index in [1.807, 2.05) is 24.3 Å². The standard InChI is InChI=1S/C24H37NO3/c1-3-5-7-8-9-10-19-28-24(27)22-13-11-18-25(22)23(26)21-16-14-20(15-17-21)12-6-4-2/h14-17,22H,3-13,18-19H2,1-2H3. The molecule has 2 rings (SSSR count). The molecule has 0 N–H and O–H groups in total. The molecule has 1 amide bonds. The van der Waals surface area contributed by atoms with Gasteiger partial charge in [0, 0.05) is 12.1 Å². The minimum atomic E-state index is -0.424. The summed E-state index contributed by atoms with van der Waals surface area (Å²) in [5.74, 6) is -0.292. The number of unbranched alkanes of at least 4 members (excludes halogenated alkanes) is 6. The molecule has 0 bridgehead atoms. The highest BCUT2D eigenvalue weighted by atomic mass is 16.5. The smallest absolute Gasteiger partial charge is 0.328 e. The zero-order chi connectivity index (χ0) is 20.2. The SMILES string of the molecule is CCCCCCCCOC(=O)C1CCCN1C(=O)c1ccc(CCCC)cc1. The first-order chi connectivity index (χ1) is 13.7. The predicted molar refractivity (Wildman–Crippen MR) is 113 cm³/mol. The molecule has 0 radical (unpaired) electrons. The molecule has 4 nitrogen and oxygen atoms in total. The summed E-state index contributed by atoms with van der Waals surface area (Å²) in [6, 6.07) is 7.43. The zero-order valence-electron chi connectivity index (χ0n) is 17.8. The van der Waals surface area contributed by atoms with Crippen LogP contribution in [-0.4, -0.2) is 36.0 Å². The van der Waals surface area contributed by atoms with Crippen LogP contribution in [0.25, 0.3) is 0 Å². The summed E-state index contributed by atoms with van der Waals surface area (Å²) in [6.07, 6.45) is 11.9. The lowest BCUT2D eigenvalue weighted by atomic mass is 10.1. The number of aryl methyl sites for hydroxylation is 1. The summed E-state index contributed by atoms with van der Waals surface area (Å²) in [5.41, 5.74) is 1.92. The minimum absolute atomic E-state index is 0.0546. The lowest BCUT2D eigenvalue weighted by Crippen LogP contribution is -2.41. The zero-order valence-corrected chi connectivity index (χ0v) is 17.8. The molecule has 156 valence electrons. The molecule has 1 fully saturated rings. The molecule has 0 aliphatic carbocycles. The summed E-state index contributed by atoms with van der Waals surface area (Å²) in [6.45, 7) is 5.48. The van der Waals surface area contributed by atoms with Crippen molar-refractivity contribution >= 4 is 11.9 Å². The monoisotopic (exact) mass is 387 g/mol. The van der Waals surface area contributed by atoms with Gasteiger partial charge in [-0.25, -0.2) is 4.79 Å². The van der Waals surface area contributed by atoms with Crippen LogP contribution in [0.1, 0.15) is 94.0 Å². The molecule has 0 aromatic heterocycles. The third-order valence-corrected chi connectivity index (χ3v) is 5.55. The quantitative estimate of drug-likeness (QED) is 0.349. The molecule has 0 spiro atoms. The summed E-state index contributed by atoms with van der Waals surface area (Å²) in [4.78, 5) is 27.1. The molecular weight excluding hydrogens is 350 g/mol. The maximum Gasteiger partial charge on any atom is 0.328 e. The molecular formula is C24H37NO3. The third-order valence-electron chi connectivity index (χ3n) is 5.55. The fraction of sp³-hybridized carbons (Fsp3) is 0.667. The molecule has 1 aliphatic heterocycles. The van der Waals surface area contributed by atoms with Crippen LogP contribution in [0.5, 0.6) is 0 Å². The van der Waals surface area contributed by atoms with Crippen molar-refractivity contribution in [1.82, 2.24) is 4.90 Å². The first-order valence-electron chi connectivity index (χ1n) is 11.2. The van der Waals surface area contributed by atoms with E-state index < -0.39 is 6.04 Å². The summed E-state index contributed by atoms with van der Waals surface area (Å²) in [5, 5.41) is 0. The maximum atomic E-state index is 12.9. The Morgan fingerprint density at radius 3 is 2.36 bits per heavy atom. The van der Waals surface area contributed by atoms with E-state index in [1.54, 1.807) is 4.90 Å². The van der Waals surface area contributed by atoms with Gasteiger partial charge >= 0.3 is 5.97 Å². The van der Waals surface area contributed by atoms with Crippen molar-refractivity contribution in [2.45, 2.75) is 90.5 Å². The van der Waals surface area contributed by atoms with E-state index in [-0.39, 0.29) is 11.9 Å². The van der Waals surface area contributed by atoms with E-state index in [9.17, 15) is 9.59 Å². The van der Waals surface area contributed by atoms with E-state index in [0.29, 0.717) is 25.1 Å². The van der Waals surface area contributed by atoms with Gasteiger partial charge in [-0.1, -0.05) is 64.5 Å². The average Bonchev–Trinajstić information content (AvgIpc) is 3.21. The van der Waals surface area contributed by atoms with E-state index >= 15 is 0 Å². The maximum absolute atomic E-state index is 12.9. The topological polar surface area (TPSA) is 46.6 Å². The molecule has 1 unspecified atom stereocenters. The van der Waals surface area contributed by atoms with Gasteiger partial charge in [0.1, 0.15) is 6.04 Å². The molecule has 4 heteroatoms. The number of ether oxygens (including phenoxy) is 1. The molecule has 1 aromatic rings. The largest absolute Gasteiger partial charge is 0.464 e. The Balaban J connectivity index is 1.80. The summed E-state index contributed by atoms with van der Waals surface area (Å²) >= 11 is 0. The lowest BCUT2D eigenvalue weighted by Gasteiger charge is -2.23. The van der Waals surface area contributed by atoms with Gasteiger partial charge in [-0.05, 0) is 49.8 Å². The number of rotatable bonds is 12. The minimum Gasteiger partial charge on any atom is -0.464 e. The van der Waals surface area contributed by atoms with Crippen molar-refractivity contribution in [3.05, 3.63) is 35.4 Å². The summed E-state index contributed by atoms with van der Waals surface area (Å²) < 4.78 is 5.48. The fourth-order valence-electron chi connectivity index (χ4n) is 3.77. The van der Waals surface area contributed by atoms with Crippen molar-refractivity contribution in [2.24, 2.45) is 0 Å². The van der Waals surface area contributed by atoms with E-state index in [1.165, 1.54) is 31.2 Å². The predicted octanol–water partition coefficient (Wildman–Crippen LogP) is 5.54. The third kappa shape index (κ3) is 6.96. The highest BCUT2D eigenvalue weighted by Gasteiger charge is 2.35. The van der Waals surface area contributed by atoms with Gasteiger partial charge in [-0.15, -0.1) is 0 Å². The van der Waals surface area contributed by atoms with Gasteiger partial charge in [0.05, 0.1) is 6.61 Å². The Kier molecular flexibility index (Phi) is 10.1. The fourth-order valence-corrected chi connectivity index (χ4v) is 3.77. The average molecular weight is 388 g/mol. The number of esters is 1. The van der Waals surface area contributed by atoms with Gasteiger partial charge in [-0.2, -0.15) is 0 Å². The highest BCUT2D eigenvalue weighted by Crippen LogP contribution is 2.22. The Morgan fingerprint density at radius 2 is 1.64 bits per heavy atom. The van der Waals surface area contributed by atoms with Crippen molar-refractivity contribution in [3.8, 4) is 0 Å². The summed E-state index contributed by atoms with van der Waals surface area (Å²) in [7, 11) is 0. The second-order valence-corrected chi connectivity index (χ2v) is 7.89. The molecule has 0 saturated carbocycles. The van der Waals surface area contributed by atoms with Crippen molar-refractivity contribution < 1.29 is 14.3 Å². The number of hydrogen-bond donors (Lipinski definition) is 0.